The third-order valence-corrected chi connectivity index (χ3v) is 5.93. The summed E-state index contributed by atoms with van der Waals surface area (Å²) in [5, 5.41) is 10.4. The molecular formula is C23H23ClF3N5O. The minimum atomic E-state index is -4.47. The smallest absolute Gasteiger partial charge is 0.363 e. The van der Waals surface area contributed by atoms with Crippen molar-refractivity contribution in [2.75, 3.05) is 5.32 Å². The number of alkyl halides is 3. The summed E-state index contributed by atoms with van der Waals surface area (Å²) in [6, 6.07) is 8.57. The van der Waals surface area contributed by atoms with Crippen LogP contribution in [-0.4, -0.2) is 26.8 Å². The van der Waals surface area contributed by atoms with E-state index in [1.165, 1.54) is 12.4 Å². The molecule has 0 saturated carbocycles. The molecule has 6 nitrogen and oxygen atoms in total. The molecule has 0 aliphatic carbocycles. The molecule has 2 atom stereocenters. The second kappa shape index (κ2) is 9.43. The molecule has 2 aromatic heterocycles. The molecule has 1 aliphatic rings. The fraction of sp³-hybridized carbons (Fsp3) is 0.348. The second-order valence-electron chi connectivity index (χ2n) is 7.97. The van der Waals surface area contributed by atoms with E-state index in [-0.39, 0.29) is 31.1 Å². The van der Waals surface area contributed by atoms with Gasteiger partial charge >= 0.3 is 6.18 Å². The number of aryl methyl sites for hydroxylation is 1. The van der Waals surface area contributed by atoms with E-state index in [0.29, 0.717) is 16.3 Å². The fourth-order valence-electron chi connectivity index (χ4n) is 3.88. The first-order chi connectivity index (χ1) is 15.7. The molecule has 10 heteroatoms. The number of amides is 1. The standard InChI is InChI=1S/C23H23ClF3N5O/c1-2-14-3-5-15(6-4-14)19-10-20(23(25,26)27)32-22(31-19)16(11-30-32)9-21(33)29-13-18-8-7-17(24)12-28-18/h3-8,11-12,19-20,31H,2,9-10,13H2,1H3,(H,29,33)/t19-,20+/m1/s1. The molecule has 33 heavy (non-hydrogen) atoms. The second-order valence-corrected chi connectivity index (χ2v) is 8.41. The van der Waals surface area contributed by atoms with Gasteiger partial charge in [0, 0.05) is 18.2 Å². The third kappa shape index (κ3) is 5.30. The number of carbonyl (C=O) groups is 1. The number of rotatable bonds is 6. The number of aromatic nitrogens is 3. The Morgan fingerprint density at radius 3 is 2.61 bits per heavy atom. The zero-order valence-electron chi connectivity index (χ0n) is 17.9. The highest BCUT2D eigenvalue weighted by Crippen LogP contribution is 2.44. The van der Waals surface area contributed by atoms with Crippen molar-refractivity contribution in [2.45, 2.75) is 51.0 Å². The Bertz CT molecular complexity index is 1110. The van der Waals surface area contributed by atoms with Gasteiger partial charge in [0.25, 0.3) is 0 Å². The van der Waals surface area contributed by atoms with Crippen molar-refractivity contribution >= 4 is 23.3 Å². The maximum absolute atomic E-state index is 13.9. The molecule has 0 radical (unpaired) electrons. The summed E-state index contributed by atoms with van der Waals surface area (Å²) < 4.78 is 42.5. The Morgan fingerprint density at radius 1 is 1.21 bits per heavy atom. The molecule has 1 amide bonds. The van der Waals surface area contributed by atoms with Crippen LogP contribution in [0.25, 0.3) is 0 Å². The average Bonchev–Trinajstić information content (AvgIpc) is 3.20. The Kier molecular flexibility index (Phi) is 6.60. The van der Waals surface area contributed by atoms with Crippen LogP contribution in [0, 0.1) is 0 Å². The van der Waals surface area contributed by atoms with Crippen LogP contribution in [0.2, 0.25) is 5.02 Å². The number of benzene rings is 1. The summed E-state index contributed by atoms with van der Waals surface area (Å²) in [6.45, 7) is 2.21. The monoisotopic (exact) mass is 477 g/mol. The van der Waals surface area contributed by atoms with Crippen molar-refractivity contribution in [3.8, 4) is 0 Å². The van der Waals surface area contributed by atoms with Gasteiger partial charge < -0.3 is 10.6 Å². The van der Waals surface area contributed by atoms with Gasteiger partial charge in [0.15, 0.2) is 6.04 Å². The number of hydrogen-bond donors (Lipinski definition) is 2. The minimum Gasteiger partial charge on any atom is -0.363 e. The number of hydrogen-bond acceptors (Lipinski definition) is 4. The number of fused-ring (bicyclic) bond motifs is 1. The van der Waals surface area contributed by atoms with Crippen LogP contribution in [0.3, 0.4) is 0 Å². The number of nitrogens with one attached hydrogen (secondary N) is 2. The summed E-state index contributed by atoms with van der Waals surface area (Å²) in [7, 11) is 0. The van der Waals surface area contributed by atoms with Crippen LogP contribution in [0.15, 0.2) is 48.8 Å². The molecule has 0 bridgehead atoms. The van der Waals surface area contributed by atoms with Gasteiger partial charge in [-0.1, -0.05) is 42.8 Å². The Hall–Kier alpha value is -3.07. The number of pyridine rings is 1. The SMILES string of the molecule is CCc1ccc([C@H]2C[C@@H](C(F)(F)F)n3ncc(CC(=O)NCc4ccc(Cl)cn4)c3N2)cc1. The summed E-state index contributed by atoms with van der Waals surface area (Å²) >= 11 is 5.81. The summed E-state index contributed by atoms with van der Waals surface area (Å²) in [6.07, 6.45) is -1.11. The fourth-order valence-corrected chi connectivity index (χ4v) is 3.99. The number of carbonyl (C=O) groups excluding carboxylic acids is 1. The highest BCUT2D eigenvalue weighted by Gasteiger charge is 2.46. The van der Waals surface area contributed by atoms with Crippen LogP contribution in [0.5, 0.6) is 0 Å². The summed E-state index contributed by atoms with van der Waals surface area (Å²) in [4.78, 5) is 16.6. The van der Waals surface area contributed by atoms with E-state index >= 15 is 0 Å². The van der Waals surface area contributed by atoms with Crippen molar-refractivity contribution in [3.05, 3.63) is 76.2 Å². The molecule has 0 fully saturated rings. The Balaban J connectivity index is 1.53. The lowest BCUT2D eigenvalue weighted by Gasteiger charge is -2.34. The molecule has 1 aromatic carbocycles. The van der Waals surface area contributed by atoms with E-state index in [1.54, 1.807) is 12.1 Å². The first-order valence-electron chi connectivity index (χ1n) is 10.6. The van der Waals surface area contributed by atoms with Crippen LogP contribution < -0.4 is 10.6 Å². The van der Waals surface area contributed by atoms with E-state index in [9.17, 15) is 18.0 Å². The average molecular weight is 478 g/mol. The van der Waals surface area contributed by atoms with E-state index in [4.69, 9.17) is 11.6 Å². The topological polar surface area (TPSA) is 71.8 Å². The van der Waals surface area contributed by atoms with Crippen LogP contribution in [0.4, 0.5) is 19.0 Å². The molecule has 0 saturated heterocycles. The van der Waals surface area contributed by atoms with E-state index in [2.05, 4.69) is 20.7 Å². The molecule has 174 valence electrons. The molecule has 3 heterocycles. The summed E-state index contributed by atoms with van der Waals surface area (Å²) in [5.74, 6) is -0.129. The van der Waals surface area contributed by atoms with Gasteiger partial charge in [0.1, 0.15) is 5.82 Å². The van der Waals surface area contributed by atoms with Crippen molar-refractivity contribution in [3.63, 3.8) is 0 Å². The zero-order valence-corrected chi connectivity index (χ0v) is 18.6. The predicted octanol–water partition coefficient (Wildman–Crippen LogP) is 5.01. The molecule has 4 rings (SSSR count). The molecule has 0 spiro atoms. The largest absolute Gasteiger partial charge is 0.410 e. The highest BCUT2D eigenvalue weighted by molar-refractivity contribution is 6.30. The van der Waals surface area contributed by atoms with E-state index < -0.39 is 18.3 Å². The van der Waals surface area contributed by atoms with Crippen molar-refractivity contribution in [1.29, 1.82) is 0 Å². The number of halogens is 4. The van der Waals surface area contributed by atoms with Gasteiger partial charge in [-0.3, -0.25) is 9.78 Å². The van der Waals surface area contributed by atoms with Crippen LogP contribution in [0.1, 0.15) is 47.8 Å². The van der Waals surface area contributed by atoms with Gasteiger partial charge in [-0.25, -0.2) is 4.68 Å². The van der Waals surface area contributed by atoms with E-state index in [1.807, 2.05) is 31.2 Å². The van der Waals surface area contributed by atoms with Gasteiger partial charge in [-0.05, 0) is 29.7 Å². The van der Waals surface area contributed by atoms with Crippen LogP contribution >= 0.6 is 11.6 Å². The van der Waals surface area contributed by atoms with Gasteiger partial charge in [0.2, 0.25) is 5.91 Å². The minimum absolute atomic E-state index is 0.109. The van der Waals surface area contributed by atoms with Crippen molar-refractivity contribution in [1.82, 2.24) is 20.1 Å². The normalized spacial score (nSPS) is 17.8. The van der Waals surface area contributed by atoms with Gasteiger partial charge in [0.05, 0.1) is 35.9 Å². The van der Waals surface area contributed by atoms with Gasteiger partial charge in [-0.15, -0.1) is 0 Å². The maximum atomic E-state index is 13.9. The highest BCUT2D eigenvalue weighted by atomic mass is 35.5. The summed E-state index contributed by atoms with van der Waals surface area (Å²) in [5.41, 5.74) is 2.90. The molecule has 0 unspecified atom stereocenters. The zero-order chi connectivity index (χ0) is 23.6. The predicted molar refractivity (Wildman–Crippen MR) is 119 cm³/mol. The quantitative estimate of drug-likeness (QED) is 0.523. The lowest BCUT2D eigenvalue weighted by atomic mass is 9.95. The lowest BCUT2D eigenvalue weighted by Crippen LogP contribution is -2.36. The van der Waals surface area contributed by atoms with E-state index in [0.717, 1.165) is 22.2 Å². The maximum Gasteiger partial charge on any atom is 0.410 e. The van der Waals surface area contributed by atoms with Crippen molar-refractivity contribution < 1.29 is 18.0 Å². The molecule has 3 aromatic rings. The van der Waals surface area contributed by atoms with Crippen LogP contribution in [-0.2, 0) is 24.2 Å². The number of nitrogens with zero attached hydrogens (tertiary/aromatic N) is 3. The number of anilines is 1. The lowest BCUT2D eigenvalue weighted by molar-refractivity contribution is -0.173. The van der Waals surface area contributed by atoms with Gasteiger partial charge in [-0.2, -0.15) is 18.3 Å². The Labute approximate surface area is 194 Å². The third-order valence-electron chi connectivity index (χ3n) is 5.71. The first-order valence-corrected chi connectivity index (χ1v) is 11.0. The Morgan fingerprint density at radius 2 is 1.97 bits per heavy atom. The van der Waals surface area contributed by atoms with Crippen molar-refractivity contribution in [2.24, 2.45) is 0 Å². The molecule has 1 aliphatic heterocycles. The molecule has 2 N–H and O–H groups in total. The molecular weight excluding hydrogens is 455 g/mol. The first kappa shape index (κ1) is 23.1.